The molecule has 2 fully saturated rings. The molecule has 0 atom stereocenters. The number of carbonyl (C=O) groups excluding carboxylic acids is 2. The van der Waals surface area contributed by atoms with E-state index in [1.807, 2.05) is 4.90 Å². The van der Waals surface area contributed by atoms with Gasteiger partial charge in [0.2, 0.25) is 11.1 Å². The van der Waals surface area contributed by atoms with E-state index in [4.69, 9.17) is 4.74 Å². The van der Waals surface area contributed by atoms with Crippen molar-refractivity contribution in [2.45, 2.75) is 6.42 Å². The summed E-state index contributed by atoms with van der Waals surface area (Å²) < 4.78 is 5.29. The highest BCUT2D eigenvalue weighted by atomic mass is 32.2. The Morgan fingerprint density at radius 1 is 1.30 bits per heavy atom. The molecule has 0 radical (unpaired) electrons. The molecule has 6 nitrogen and oxygen atoms in total. The van der Waals surface area contributed by atoms with Crippen molar-refractivity contribution in [2.24, 2.45) is 0 Å². The lowest BCUT2D eigenvalue weighted by Gasteiger charge is -2.26. The number of hydrogen-bond donors (Lipinski definition) is 0. The van der Waals surface area contributed by atoms with E-state index in [0.29, 0.717) is 29.8 Å². The van der Waals surface area contributed by atoms with Crippen molar-refractivity contribution in [1.82, 2.24) is 9.97 Å². The zero-order valence-corrected chi connectivity index (χ0v) is 11.6. The van der Waals surface area contributed by atoms with Crippen LogP contribution in [-0.4, -0.2) is 47.2 Å². The molecular formula is C13H13N3O3S. The third-order valence-corrected chi connectivity index (χ3v) is 3.98. The van der Waals surface area contributed by atoms with Crippen molar-refractivity contribution < 1.29 is 14.3 Å². The maximum absolute atomic E-state index is 11.6. The van der Waals surface area contributed by atoms with Crippen LogP contribution in [0.1, 0.15) is 12.1 Å². The second-order valence-electron chi connectivity index (χ2n) is 4.46. The van der Waals surface area contributed by atoms with E-state index in [-0.39, 0.29) is 17.3 Å². The molecule has 0 aliphatic carbocycles. The summed E-state index contributed by atoms with van der Waals surface area (Å²) >= 11 is 0.989. The summed E-state index contributed by atoms with van der Waals surface area (Å²) in [4.78, 5) is 34.0. The SMILES string of the molecule is O=C1CC(=O)/C(=C/c2ccnc(N3CCOCC3)n2)S1. The molecule has 0 unspecified atom stereocenters. The summed E-state index contributed by atoms with van der Waals surface area (Å²) in [7, 11) is 0. The normalized spacial score (nSPS) is 21.8. The van der Waals surface area contributed by atoms with Gasteiger partial charge in [-0.2, -0.15) is 0 Å². The third-order valence-electron chi connectivity index (χ3n) is 3.04. The Labute approximate surface area is 120 Å². The van der Waals surface area contributed by atoms with Gasteiger partial charge < -0.3 is 9.64 Å². The van der Waals surface area contributed by atoms with Crippen molar-refractivity contribution in [2.75, 3.05) is 31.2 Å². The molecule has 2 saturated heterocycles. The molecule has 2 aliphatic rings. The first-order chi connectivity index (χ1) is 9.72. The highest BCUT2D eigenvalue weighted by Gasteiger charge is 2.26. The molecule has 0 aromatic carbocycles. The largest absolute Gasteiger partial charge is 0.378 e. The lowest BCUT2D eigenvalue weighted by atomic mass is 10.2. The highest BCUT2D eigenvalue weighted by Crippen LogP contribution is 2.30. The van der Waals surface area contributed by atoms with E-state index < -0.39 is 0 Å². The minimum Gasteiger partial charge on any atom is -0.378 e. The predicted molar refractivity (Wildman–Crippen MR) is 75.3 cm³/mol. The monoisotopic (exact) mass is 291 g/mol. The fraction of sp³-hybridized carbons (Fsp3) is 0.385. The Kier molecular flexibility index (Phi) is 3.79. The Morgan fingerprint density at radius 2 is 2.10 bits per heavy atom. The molecule has 3 heterocycles. The van der Waals surface area contributed by atoms with E-state index in [9.17, 15) is 9.59 Å². The number of Topliss-reactive ketones (excluding diaryl/α,β-unsaturated/α-hetero) is 1. The summed E-state index contributed by atoms with van der Waals surface area (Å²) in [5, 5.41) is -0.108. The first-order valence-electron chi connectivity index (χ1n) is 6.34. The van der Waals surface area contributed by atoms with E-state index in [1.54, 1.807) is 18.3 Å². The van der Waals surface area contributed by atoms with Crippen LogP contribution in [0.5, 0.6) is 0 Å². The van der Waals surface area contributed by atoms with Crippen molar-refractivity contribution >= 4 is 34.7 Å². The van der Waals surface area contributed by atoms with Gasteiger partial charge in [-0.25, -0.2) is 9.97 Å². The number of rotatable bonds is 2. The quantitative estimate of drug-likeness (QED) is 0.591. The van der Waals surface area contributed by atoms with E-state index >= 15 is 0 Å². The lowest BCUT2D eigenvalue weighted by Crippen LogP contribution is -2.37. The van der Waals surface area contributed by atoms with Crippen molar-refractivity contribution in [3.8, 4) is 0 Å². The van der Waals surface area contributed by atoms with Crippen LogP contribution in [0, 0.1) is 0 Å². The Morgan fingerprint density at radius 3 is 2.80 bits per heavy atom. The fourth-order valence-electron chi connectivity index (χ4n) is 2.04. The van der Waals surface area contributed by atoms with Gasteiger partial charge in [0.25, 0.3) is 0 Å². The molecule has 0 saturated carbocycles. The molecule has 0 spiro atoms. The van der Waals surface area contributed by atoms with Crippen LogP contribution in [0.3, 0.4) is 0 Å². The molecule has 7 heteroatoms. The van der Waals surface area contributed by atoms with Gasteiger partial charge in [0.1, 0.15) is 0 Å². The maximum atomic E-state index is 11.6. The molecule has 0 N–H and O–H groups in total. The number of nitrogens with zero attached hydrogens (tertiary/aromatic N) is 3. The first-order valence-corrected chi connectivity index (χ1v) is 7.15. The number of allylic oxidation sites excluding steroid dienone is 1. The van der Waals surface area contributed by atoms with Crippen LogP contribution < -0.4 is 4.90 Å². The maximum Gasteiger partial charge on any atom is 0.225 e. The van der Waals surface area contributed by atoms with Gasteiger partial charge in [-0.1, -0.05) is 0 Å². The van der Waals surface area contributed by atoms with Crippen LogP contribution in [0.4, 0.5) is 5.95 Å². The zero-order chi connectivity index (χ0) is 13.9. The smallest absolute Gasteiger partial charge is 0.225 e. The molecular weight excluding hydrogens is 278 g/mol. The van der Waals surface area contributed by atoms with Crippen LogP contribution >= 0.6 is 11.8 Å². The van der Waals surface area contributed by atoms with E-state index in [0.717, 1.165) is 24.9 Å². The average Bonchev–Trinajstić information content (AvgIpc) is 2.78. The Bertz CT molecular complexity index is 582. The second-order valence-corrected chi connectivity index (χ2v) is 5.56. The molecule has 0 amide bonds. The van der Waals surface area contributed by atoms with Crippen LogP contribution in [0.15, 0.2) is 17.2 Å². The number of ether oxygens (including phenoxy) is 1. The number of thioether (sulfide) groups is 1. The number of ketones is 1. The summed E-state index contributed by atoms with van der Waals surface area (Å²) in [5.74, 6) is 0.496. The minimum atomic E-state index is -0.133. The number of carbonyl (C=O) groups is 2. The van der Waals surface area contributed by atoms with Crippen LogP contribution in [0.2, 0.25) is 0 Å². The fourth-order valence-corrected chi connectivity index (χ4v) is 2.85. The first kappa shape index (κ1) is 13.3. The summed E-state index contributed by atoms with van der Waals surface area (Å²) in [5.41, 5.74) is 0.645. The second kappa shape index (κ2) is 5.72. The van der Waals surface area contributed by atoms with Crippen molar-refractivity contribution in [3.05, 3.63) is 22.9 Å². The van der Waals surface area contributed by atoms with Crippen LogP contribution in [-0.2, 0) is 14.3 Å². The van der Waals surface area contributed by atoms with Gasteiger partial charge in [-0.05, 0) is 23.9 Å². The number of anilines is 1. The van der Waals surface area contributed by atoms with Gasteiger partial charge >= 0.3 is 0 Å². The average molecular weight is 291 g/mol. The predicted octanol–water partition coefficient (Wildman–Crippen LogP) is 0.887. The topological polar surface area (TPSA) is 72.4 Å². The highest BCUT2D eigenvalue weighted by molar-refractivity contribution is 8.18. The van der Waals surface area contributed by atoms with Crippen molar-refractivity contribution in [3.63, 3.8) is 0 Å². The van der Waals surface area contributed by atoms with Gasteiger partial charge in [-0.3, -0.25) is 9.59 Å². The summed E-state index contributed by atoms with van der Waals surface area (Å²) in [6.07, 6.45) is 3.30. The molecule has 2 aliphatic heterocycles. The van der Waals surface area contributed by atoms with Crippen molar-refractivity contribution in [1.29, 1.82) is 0 Å². The number of hydrogen-bond acceptors (Lipinski definition) is 7. The van der Waals surface area contributed by atoms with Gasteiger partial charge in [0.15, 0.2) is 5.78 Å². The minimum absolute atomic E-state index is 0.0160. The molecule has 0 bridgehead atoms. The van der Waals surface area contributed by atoms with E-state index in [2.05, 4.69) is 9.97 Å². The summed E-state index contributed by atoms with van der Waals surface area (Å²) in [6.45, 7) is 2.84. The van der Waals surface area contributed by atoms with Gasteiger partial charge in [0.05, 0.1) is 30.2 Å². The molecule has 104 valence electrons. The summed E-state index contributed by atoms with van der Waals surface area (Å²) in [6, 6.07) is 1.73. The van der Waals surface area contributed by atoms with Gasteiger partial charge in [-0.15, -0.1) is 0 Å². The molecule has 20 heavy (non-hydrogen) atoms. The van der Waals surface area contributed by atoms with Crippen LogP contribution in [0.25, 0.3) is 6.08 Å². The number of aromatic nitrogens is 2. The van der Waals surface area contributed by atoms with Gasteiger partial charge in [0, 0.05) is 19.3 Å². The molecule has 1 aromatic heterocycles. The standard InChI is InChI=1S/C13H13N3O3S/c17-10-8-12(18)20-11(10)7-9-1-2-14-13(15-9)16-3-5-19-6-4-16/h1-2,7H,3-6,8H2/b11-7-. The lowest BCUT2D eigenvalue weighted by molar-refractivity contribution is -0.119. The third kappa shape index (κ3) is 2.88. The Hall–Kier alpha value is -1.73. The Balaban J connectivity index is 1.82. The molecule has 1 aromatic rings. The molecule has 3 rings (SSSR count). The van der Waals surface area contributed by atoms with E-state index in [1.165, 1.54) is 0 Å². The zero-order valence-electron chi connectivity index (χ0n) is 10.7. The number of morpholine rings is 1.